The minimum absolute atomic E-state index is 0.809. The van der Waals surface area contributed by atoms with Gasteiger partial charge in [0.2, 0.25) is 0 Å². The molecule has 0 aromatic heterocycles. The molecule has 0 aliphatic carbocycles. The number of nitrogens with two attached hydrogens (primary N) is 1. The third-order valence-electron chi connectivity index (χ3n) is 3.12. The second-order valence-corrected chi connectivity index (χ2v) is 4.09. The molecule has 0 bridgehead atoms. The maximum absolute atomic E-state index is 5.54. The number of nitrogens with zero attached hydrogens (tertiary/aromatic N) is 1. The van der Waals surface area contributed by atoms with Gasteiger partial charge in [-0.3, -0.25) is 0 Å². The molecule has 1 aliphatic heterocycles. The van der Waals surface area contributed by atoms with Crippen LogP contribution in [0.5, 0.6) is 0 Å². The van der Waals surface area contributed by atoms with Crippen LogP contribution < -0.4 is 5.73 Å². The van der Waals surface area contributed by atoms with Gasteiger partial charge < -0.3 is 10.6 Å². The first kappa shape index (κ1) is 11.0. The van der Waals surface area contributed by atoms with E-state index in [1.807, 2.05) is 0 Å². The Kier molecular flexibility index (Phi) is 5.40. The van der Waals surface area contributed by atoms with Gasteiger partial charge in [-0.15, -0.1) is 0 Å². The minimum Gasteiger partial charge on any atom is -0.330 e. The molecule has 1 atom stereocenters. The number of piperidine rings is 1. The fraction of sp³-hybridized carbons (Fsp3) is 1.00. The fourth-order valence-corrected chi connectivity index (χ4v) is 2.28. The smallest absolute Gasteiger partial charge is 0.00931 e. The SMILES string of the molecule is CCC(CCCN)N1CCCCC1. The van der Waals surface area contributed by atoms with Gasteiger partial charge in [0.15, 0.2) is 0 Å². The molecule has 0 spiro atoms. The summed E-state index contributed by atoms with van der Waals surface area (Å²) >= 11 is 0. The van der Waals surface area contributed by atoms with Crippen LogP contribution in [0.25, 0.3) is 0 Å². The van der Waals surface area contributed by atoms with Gasteiger partial charge >= 0.3 is 0 Å². The van der Waals surface area contributed by atoms with Crippen molar-refractivity contribution in [3.8, 4) is 0 Å². The Bertz CT molecular complexity index is 119. The molecule has 0 amide bonds. The van der Waals surface area contributed by atoms with E-state index in [2.05, 4.69) is 11.8 Å². The highest BCUT2D eigenvalue weighted by atomic mass is 15.2. The Morgan fingerprint density at radius 2 is 1.92 bits per heavy atom. The van der Waals surface area contributed by atoms with Gasteiger partial charge in [-0.2, -0.15) is 0 Å². The first-order valence-corrected chi connectivity index (χ1v) is 5.82. The molecule has 0 radical (unpaired) electrons. The Morgan fingerprint density at radius 1 is 1.23 bits per heavy atom. The normalized spacial score (nSPS) is 21.7. The van der Waals surface area contributed by atoms with Crippen molar-refractivity contribution in [2.75, 3.05) is 19.6 Å². The standard InChI is InChI=1S/C11H24N2/c1-2-11(7-6-8-12)13-9-4-3-5-10-13/h11H,2-10,12H2,1H3. The molecule has 1 heterocycles. The lowest BCUT2D eigenvalue weighted by atomic mass is 10.0. The van der Waals surface area contributed by atoms with E-state index in [9.17, 15) is 0 Å². The average Bonchev–Trinajstić information content (AvgIpc) is 2.21. The van der Waals surface area contributed by atoms with Crippen molar-refractivity contribution in [1.29, 1.82) is 0 Å². The molecule has 2 N–H and O–H groups in total. The lowest BCUT2D eigenvalue weighted by Crippen LogP contribution is -2.39. The Morgan fingerprint density at radius 3 is 2.46 bits per heavy atom. The van der Waals surface area contributed by atoms with Crippen molar-refractivity contribution in [1.82, 2.24) is 4.90 Å². The summed E-state index contributed by atoms with van der Waals surface area (Å²) in [5, 5.41) is 0. The molecule has 1 aliphatic rings. The Labute approximate surface area is 82.5 Å². The average molecular weight is 184 g/mol. The van der Waals surface area contributed by atoms with Gasteiger partial charge in [-0.05, 0) is 51.7 Å². The van der Waals surface area contributed by atoms with Gasteiger partial charge in [-0.25, -0.2) is 0 Å². The summed E-state index contributed by atoms with van der Waals surface area (Å²) in [6.07, 6.45) is 8.02. The predicted octanol–water partition coefficient (Wildman–Crippen LogP) is 1.99. The quantitative estimate of drug-likeness (QED) is 0.708. The highest BCUT2D eigenvalue weighted by Crippen LogP contribution is 2.17. The lowest BCUT2D eigenvalue weighted by Gasteiger charge is -2.34. The second kappa shape index (κ2) is 6.39. The third kappa shape index (κ3) is 3.65. The van der Waals surface area contributed by atoms with Crippen molar-refractivity contribution in [2.45, 2.75) is 51.5 Å². The molecular formula is C11H24N2. The van der Waals surface area contributed by atoms with Crippen LogP contribution in [0.3, 0.4) is 0 Å². The number of likely N-dealkylation sites (tertiary alicyclic amines) is 1. The van der Waals surface area contributed by atoms with E-state index < -0.39 is 0 Å². The zero-order valence-corrected chi connectivity index (χ0v) is 8.97. The summed E-state index contributed by atoms with van der Waals surface area (Å²) in [6.45, 7) is 5.80. The molecule has 2 nitrogen and oxygen atoms in total. The zero-order chi connectivity index (χ0) is 9.52. The van der Waals surface area contributed by atoms with Crippen LogP contribution in [-0.2, 0) is 0 Å². The first-order valence-electron chi connectivity index (χ1n) is 5.82. The molecule has 1 saturated heterocycles. The molecule has 0 aromatic rings. The van der Waals surface area contributed by atoms with Gasteiger partial charge in [0.25, 0.3) is 0 Å². The second-order valence-electron chi connectivity index (χ2n) is 4.09. The van der Waals surface area contributed by atoms with Crippen LogP contribution in [0.15, 0.2) is 0 Å². The van der Waals surface area contributed by atoms with Gasteiger partial charge in [0.1, 0.15) is 0 Å². The first-order chi connectivity index (χ1) is 6.38. The molecule has 0 saturated carbocycles. The maximum Gasteiger partial charge on any atom is 0.00931 e. The van der Waals surface area contributed by atoms with Gasteiger partial charge in [0.05, 0.1) is 0 Å². The van der Waals surface area contributed by atoms with Gasteiger partial charge in [0, 0.05) is 6.04 Å². The molecule has 2 heteroatoms. The monoisotopic (exact) mass is 184 g/mol. The van der Waals surface area contributed by atoms with E-state index in [1.165, 1.54) is 51.6 Å². The Balaban J connectivity index is 2.26. The molecule has 78 valence electrons. The van der Waals surface area contributed by atoms with E-state index in [0.717, 1.165) is 12.6 Å². The summed E-state index contributed by atoms with van der Waals surface area (Å²) < 4.78 is 0. The summed E-state index contributed by atoms with van der Waals surface area (Å²) in [7, 11) is 0. The van der Waals surface area contributed by atoms with Crippen molar-refractivity contribution in [3.63, 3.8) is 0 Å². The molecule has 13 heavy (non-hydrogen) atoms. The maximum atomic E-state index is 5.54. The summed E-state index contributed by atoms with van der Waals surface area (Å²) in [4.78, 5) is 2.67. The van der Waals surface area contributed by atoms with Crippen molar-refractivity contribution >= 4 is 0 Å². The minimum atomic E-state index is 0.809. The van der Waals surface area contributed by atoms with Crippen molar-refractivity contribution in [2.24, 2.45) is 5.73 Å². The van der Waals surface area contributed by atoms with Crippen LogP contribution in [-0.4, -0.2) is 30.6 Å². The topological polar surface area (TPSA) is 29.3 Å². The van der Waals surface area contributed by atoms with Crippen LogP contribution in [0.2, 0.25) is 0 Å². The number of hydrogen-bond donors (Lipinski definition) is 1. The van der Waals surface area contributed by atoms with Crippen molar-refractivity contribution in [3.05, 3.63) is 0 Å². The van der Waals surface area contributed by atoms with Crippen LogP contribution in [0.1, 0.15) is 45.4 Å². The summed E-state index contributed by atoms with van der Waals surface area (Å²) in [5.41, 5.74) is 5.54. The fourth-order valence-electron chi connectivity index (χ4n) is 2.28. The van der Waals surface area contributed by atoms with E-state index in [0.29, 0.717) is 0 Å². The van der Waals surface area contributed by atoms with E-state index >= 15 is 0 Å². The zero-order valence-electron chi connectivity index (χ0n) is 8.97. The predicted molar refractivity (Wildman–Crippen MR) is 57.8 cm³/mol. The summed E-state index contributed by atoms with van der Waals surface area (Å²) in [5.74, 6) is 0. The van der Waals surface area contributed by atoms with Gasteiger partial charge in [-0.1, -0.05) is 13.3 Å². The highest BCUT2D eigenvalue weighted by Gasteiger charge is 2.17. The van der Waals surface area contributed by atoms with E-state index in [1.54, 1.807) is 0 Å². The largest absolute Gasteiger partial charge is 0.330 e. The van der Waals surface area contributed by atoms with Crippen molar-refractivity contribution < 1.29 is 0 Å². The van der Waals surface area contributed by atoms with Crippen LogP contribution in [0.4, 0.5) is 0 Å². The molecular weight excluding hydrogens is 160 g/mol. The molecule has 1 rings (SSSR count). The highest BCUT2D eigenvalue weighted by molar-refractivity contribution is 4.73. The lowest BCUT2D eigenvalue weighted by molar-refractivity contribution is 0.150. The Hall–Kier alpha value is -0.0800. The van der Waals surface area contributed by atoms with Crippen LogP contribution in [0, 0.1) is 0 Å². The van der Waals surface area contributed by atoms with Crippen LogP contribution >= 0.6 is 0 Å². The number of hydrogen-bond acceptors (Lipinski definition) is 2. The van der Waals surface area contributed by atoms with E-state index in [4.69, 9.17) is 5.73 Å². The molecule has 0 aromatic carbocycles. The summed E-state index contributed by atoms with van der Waals surface area (Å²) in [6, 6.07) is 0.809. The molecule has 1 unspecified atom stereocenters. The third-order valence-corrected chi connectivity index (χ3v) is 3.12. The molecule has 1 fully saturated rings. The van der Waals surface area contributed by atoms with E-state index in [-0.39, 0.29) is 0 Å². The number of rotatable bonds is 5.